The maximum atomic E-state index is 10.9. The summed E-state index contributed by atoms with van der Waals surface area (Å²) < 4.78 is 7.13. The van der Waals surface area contributed by atoms with E-state index in [-0.39, 0.29) is 12.5 Å². The summed E-state index contributed by atoms with van der Waals surface area (Å²) in [5.74, 6) is 0.125. The minimum Gasteiger partial charge on any atom is -0.481 e. The standard InChI is InChI=1S/C12H15Br2NO3/c13-10-6-9(18-12(10)14)7-15-4-2-1-3-8(15)5-11(16)17/h6,8H,1-5,7H2,(H,16,17). The highest BCUT2D eigenvalue weighted by Gasteiger charge is 2.25. The number of carboxylic acids is 1. The molecule has 1 aromatic heterocycles. The largest absolute Gasteiger partial charge is 0.481 e. The fraction of sp³-hybridized carbons (Fsp3) is 0.583. The smallest absolute Gasteiger partial charge is 0.304 e. The van der Waals surface area contributed by atoms with Crippen molar-refractivity contribution in [3.05, 3.63) is 21.0 Å². The van der Waals surface area contributed by atoms with Gasteiger partial charge in [-0.25, -0.2) is 0 Å². The van der Waals surface area contributed by atoms with E-state index in [1.807, 2.05) is 6.07 Å². The predicted octanol–water partition coefficient (Wildman–Crippen LogP) is 3.63. The van der Waals surface area contributed by atoms with Gasteiger partial charge >= 0.3 is 5.97 Å². The molecule has 0 aliphatic carbocycles. The summed E-state index contributed by atoms with van der Waals surface area (Å²) in [5, 5.41) is 8.93. The van der Waals surface area contributed by atoms with Gasteiger partial charge in [0.2, 0.25) is 0 Å². The van der Waals surface area contributed by atoms with E-state index in [1.54, 1.807) is 0 Å². The minimum atomic E-state index is -0.728. The van der Waals surface area contributed by atoms with Gasteiger partial charge in [-0.2, -0.15) is 0 Å². The topological polar surface area (TPSA) is 53.7 Å². The van der Waals surface area contributed by atoms with Crippen LogP contribution in [0, 0.1) is 0 Å². The molecule has 1 aliphatic heterocycles. The van der Waals surface area contributed by atoms with Crippen LogP contribution in [0.1, 0.15) is 31.4 Å². The average molecular weight is 381 g/mol. The molecule has 1 unspecified atom stereocenters. The molecule has 6 heteroatoms. The second-order valence-electron chi connectivity index (χ2n) is 4.55. The number of piperidine rings is 1. The third kappa shape index (κ3) is 3.59. The fourth-order valence-corrected chi connectivity index (χ4v) is 3.03. The van der Waals surface area contributed by atoms with Gasteiger partial charge < -0.3 is 9.52 Å². The van der Waals surface area contributed by atoms with Crippen LogP contribution in [0.25, 0.3) is 0 Å². The van der Waals surface area contributed by atoms with Gasteiger partial charge in [-0.3, -0.25) is 9.69 Å². The molecule has 0 saturated carbocycles. The molecule has 0 radical (unpaired) electrons. The maximum absolute atomic E-state index is 10.9. The van der Waals surface area contributed by atoms with Gasteiger partial charge in [0.05, 0.1) is 17.4 Å². The summed E-state index contributed by atoms with van der Waals surface area (Å²) in [7, 11) is 0. The number of likely N-dealkylation sites (tertiary alicyclic amines) is 1. The highest BCUT2D eigenvalue weighted by Crippen LogP contribution is 2.29. The Kier molecular flexibility index (Phi) is 4.86. The quantitative estimate of drug-likeness (QED) is 0.866. The molecule has 4 nitrogen and oxygen atoms in total. The van der Waals surface area contributed by atoms with E-state index in [0.29, 0.717) is 11.2 Å². The highest BCUT2D eigenvalue weighted by molar-refractivity contribution is 9.13. The average Bonchev–Trinajstić information content (AvgIpc) is 2.60. The Morgan fingerprint density at radius 2 is 2.28 bits per heavy atom. The molecule has 1 saturated heterocycles. The Balaban J connectivity index is 2.02. The third-order valence-corrected chi connectivity index (χ3v) is 4.92. The summed E-state index contributed by atoms with van der Waals surface area (Å²) in [6, 6.07) is 2.05. The van der Waals surface area contributed by atoms with Crippen LogP contribution in [-0.4, -0.2) is 28.6 Å². The number of rotatable bonds is 4. The molecule has 0 amide bonds. The lowest BCUT2D eigenvalue weighted by Crippen LogP contribution is -2.40. The van der Waals surface area contributed by atoms with Gasteiger partial charge in [-0.05, 0) is 57.3 Å². The summed E-state index contributed by atoms with van der Waals surface area (Å²) >= 11 is 6.69. The molecule has 18 heavy (non-hydrogen) atoms. The number of hydrogen-bond acceptors (Lipinski definition) is 3. The lowest BCUT2D eigenvalue weighted by molar-refractivity contribution is -0.138. The van der Waals surface area contributed by atoms with E-state index in [1.165, 1.54) is 0 Å². The van der Waals surface area contributed by atoms with Crippen LogP contribution >= 0.6 is 31.9 Å². The van der Waals surface area contributed by atoms with Crippen molar-refractivity contribution in [2.75, 3.05) is 6.54 Å². The van der Waals surface area contributed by atoms with Crippen LogP contribution in [0.4, 0.5) is 0 Å². The Hall–Kier alpha value is -0.330. The monoisotopic (exact) mass is 379 g/mol. The number of halogens is 2. The zero-order valence-electron chi connectivity index (χ0n) is 9.86. The molecular weight excluding hydrogens is 366 g/mol. The van der Waals surface area contributed by atoms with Gasteiger partial charge in [0, 0.05) is 6.04 Å². The molecule has 2 rings (SSSR count). The predicted molar refractivity (Wildman–Crippen MR) is 74.4 cm³/mol. The van der Waals surface area contributed by atoms with Gasteiger partial charge in [0.1, 0.15) is 5.76 Å². The van der Waals surface area contributed by atoms with Crippen molar-refractivity contribution < 1.29 is 14.3 Å². The summed E-state index contributed by atoms with van der Waals surface area (Å²) in [4.78, 5) is 13.1. The number of carboxylic acid groups (broad SMARTS) is 1. The highest BCUT2D eigenvalue weighted by atomic mass is 79.9. The fourth-order valence-electron chi connectivity index (χ4n) is 2.37. The molecule has 1 aliphatic rings. The van der Waals surface area contributed by atoms with Crippen molar-refractivity contribution in [3.8, 4) is 0 Å². The number of hydrogen-bond donors (Lipinski definition) is 1. The van der Waals surface area contributed by atoms with Crippen molar-refractivity contribution in [2.45, 2.75) is 38.3 Å². The molecule has 2 heterocycles. The summed E-state index contributed by atoms with van der Waals surface area (Å²) in [5.41, 5.74) is 0. The Morgan fingerprint density at radius 1 is 1.50 bits per heavy atom. The van der Waals surface area contributed by atoms with Crippen molar-refractivity contribution in [3.63, 3.8) is 0 Å². The van der Waals surface area contributed by atoms with E-state index in [4.69, 9.17) is 9.52 Å². The second-order valence-corrected chi connectivity index (χ2v) is 6.13. The van der Waals surface area contributed by atoms with Gasteiger partial charge in [0.15, 0.2) is 4.67 Å². The number of aliphatic carboxylic acids is 1. The summed E-state index contributed by atoms with van der Waals surface area (Å²) in [6.07, 6.45) is 3.40. The van der Waals surface area contributed by atoms with Crippen molar-refractivity contribution in [1.82, 2.24) is 4.90 Å². The zero-order valence-corrected chi connectivity index (χ0v) is 13.0. The second kappa shape index (κ2) is 6.21. The molecule has 0 spiro atoms. The first kappa shape index (κ1) is 14.1. The summed E-state index contributed by atoms with van der Waals surface area (Å²) in [6.45, 7) is 1.61. The van der Waals surface area contributed by atoms with Crippen LogP contribution < -0.4 is 0 Å². The Labute approximate surface area is 123 Å². The van der Waals surface area contributed by atoms with E-state index >= 15 is 0 Å². The molecule has 100 valence electrons. The lowest BCUT2D eigenvalue weighted by Gasteiger charge is -2.34. The van der Waals surface area contributed by atoms with E-state index in [2.05, 4.69) is 36.8 Å². The Morgan fingerprint density at radius 3 is 2.89 bits per heavy atom. The van der Waals surface area contributed by atoms with Crippen molar-refractivity contribution >= 4 is 37.8 Å². The molecule has 1 atom stereocenters. The zero-order chi connectivity index (χ0) is 13.1. The van der Waals surface area contributed by atoms with Crippen LogP contribution in [-0.2, 0) is 11.3 Å². The Bertz CT molecular complexity index is 413. The number of furan rings is 1. The normalized spacial score (nSPS) is 21.1. The van der Waals surface area contributed by atoms with Crippen LogP contribution in [0.5, 0.6) is 0 Å². The maximum Gasteiger partial charge on any atom is 0.304 e. The first-order chi connectivity index (χ1) is 8.56. The van der Waals surface area contributed by atoms with Crippen LogP contribution in [0.15, 0.2) is 19.6 Å². The number of nitrogens with zero attached hydrogens (tertiary/aromatic N) is 1. The van der Waals surface area contributed by atoms with Gasteiger partial charge in [-0.1, -0.05) is 6.42 Å². The van der Waals surface area contributed by atoms with E-state index < -0.39 is 5.97 Å². The molecule has 0 aromatic carbocycles. The van der Waals surface area contributed by atoms with Crippen molar-refractivity contribution in [1.29, 1.82) is 0 Å². The van der Waals surface area contributed by atoms with Crippen LogP contribution in [0.2, 0.25) is 0 Å². The van der Waals surface area contributed by atoms with Gasteiger partial charge in [0.25, 0.3) is 0 Å². The minimum absolute atomic E-state index is 0.124. The lowest BCUT2D eigenvalue weighted by atomic mass is 9.99. The third-order valence-electron chi connectivity index (χ3n) is 3.21. The first-order valence-electron chi connectivity index (χ1n) is 5.96. The first-order valence-corrected chi connectivity index (χ1v) is 7.54. The van der Waals surface area contributed by atoms with Crippen LogP contribution in [0.3, 0.4) is 0 Å². The van der Waals surface area contributed by atoms with E-state index in [9.17, 15) is 4.79 Å². The SMILES string of the molecule is O=C(O)CC1CCCCN1Cc1cc(Br)c(Br)o1. The molecule has 1 fully saturated rings. The molecule has 1 aromatic rings. The van der Waals surface area contributed by atoms with Gasteiger partial charge in [-0.15, -0.1) is 0 Å². The molecule has 0 bridgehead atoms. The number of carbonyl (C=O) groups is 1. The molecular formula is C12H15Br2NO3. The van der Waals surface area contributed by atoms with E-state index in [0.717, 1.165) is 36.0 Å². The van der Waals surface area contributed by atoms with Crippen molar-refractivity contribution in [2.24, 2.45) is 0 Å². The molecule has 1 N–H and O–H groups in total.